The first-order valence-corrected chi connectivity index (χ1v) is 6.40. The molecular formula is C12H10ClN3O3. The highest BCUT2D eigenvalue weighted by atomic mass is 35.5. The van der Waals surface area contributed by atoms with Gasteiger partial charge in [-0.25, -0.2) is 9.50 Å². The first-order valence-electron chi connectivity index (χ1n) is 6.02. The predicted octanol–water partition coefficient (Wildman–Crippen LogP) is 1.57. The number of carboxylic acid groups (broad SMARTS) is 1. The van der Waals surface area contributed by atoms with Crippen molar-refractivity contribution < 1.29 is 14.6 Å². The third kappa shape index (κ3) is 1.33. The third-order valence-corrected chi connectivity index (χ3v) is 4.19. The van der Waals surface area contributed by atoms with E-state index in [4.69, 9.17) is 16.3 Å². The van der Waals surface area contributed by atoms with Crippen LogP contribution in [0.3, 0.4) is 0 Å². The summed E-state index contributed by atoms with van der Waals surface area (Å²) >= 11 is 5.91. The van der Waals surface area contributed by atoms with Gasteiger partial charge in [0.1, 0.15) is 5.60 Å². The smallest absolute Gasteiger partial charge is 0.311 e. The number of hydrogen-bond donors (Lipinski definition) is 1. The number of hydrogen-bond acceptors (Lipinski definition) is 4. The quantitative estimate of drug-likeness (QED) is 0.857. The molecule has 7 heteroatoms. The Bertz CT molecular complexity index is 708. The molecule has 2 aliphatic rings. The summed E-state index contributed by atoms with van der Waals surface area (Å²) in [6.45, 7) is 0.643. The molecule has 0 radical (unpaired) electrons. The lowest BCUT2D eigenvalue weighted by molar-refractivity contribution is -0.163. The molecule has 1 aliphatic carbocycles. The van der Waals surface area contributed by atoms with Crippen molar-refractivity contribution in [1.82, 2.24) is 14.6 Å². The standard InChI is InChI=1S/C12H10ClN3O3/c13-8-3-9-14-5-7-6(11(17)18)4-12(1-2-19-12)10(7)16(9)15-8/h3,5-6H,1-2,4H2,(H,17,18). The van der Waals surface area contributed by atoms with E-state index in [0.717, 1.165) is 12.1 Å². The normalized spacial score (nSPS) is 28.6. The number of carbonyl (C=O) groups is 1. The van der Waals surface area contributed by atoms with Crippen LogP contribution in [0, 0.1) is 0 Å². The highest BCUT2D eigenvalue weighted by molar-refractivity contribution is 6.29. The van der Waals surface area contributed by atoms with Gasteiger partial charge in [0.05, 0.1) is 18.2 Å². The van der Waals surface area contributed by atoms with Crippen LogP contribution in [0.25, 0.3) is 5.65 Å². The Morgan fingerprint density at radius 3 is 3.05 bits per heavy atom. The van der Waals surface area contributed by atoms with Gasteiger partial charge in [-0.1, -0.05) is 11.6 Å². The number of carboxylic acids is 1. The summed E-state index contributed by atoms with van der Waals surface area (Å²) in [5, 5.41) is 13.9. The fourth-order valence-corrected chi connectivity index (χ4v) is 3.26. The number of rotatable bonds is 1. The van der Waals surface area contributed by atoms with E-state index in [0.29, 0.717) is 29.4 Å². The van der Waals surface area contributed by atoms with Gasteiger partial charge in [-0.05, 0) is 6.42 Å². The highest BCUT2D eigenvalue weighted by Crippen LogP contribution is 2.52. The minimum Gasteiger partial charge on any atom is -0.481 e. The van der Waals surface area contributed by atoms with Crippen molar-refractivity contribution in [3.8, 4) is 0 Å². The second-order valence-corrected chi connectivity index (χ2v) is 5.37. The van der Waals surface area contributed by atoms with Gasteiger partial charge in [0.15, 0.2) is 10.8 Å². The van der Waals surface area contributed by atoms with Crippen molar-refractivity contribution in [2.75, 3.05) is 6.61 Å². The molecule has 1 fully saturated rings. The number of nitrogens with zero attached hydrogens (tertiary/aromatic N) is 3. The maximum absolute atomic E-state index is 11.4. The first-order chi connectivity index (χ1) is 9.11. The van der Waals surface area contributed by atoms with Gasteiger partial charge in [-0.3, -0.25) is 4.79 Å². The van der Waals surface area contributed by atoms with Crippen LogP contribution < -0.4 is 0 Å². The number of ether oxygens (including phenoxy) is 1. The zero-order valence-electron chi connectivity index (χ0n) is 9.84. The fraction of sp³-hybridized carbons (Fsp3) is 0.417. The molecule has 1 N–H and O–H groups in total. The second kappa shape index (κ2) is 3.46. The summed E-state index contributed by atoms with van der Waals surface area (Å²) in [6, 6.07) is 1.66. The molecule has 4 rings (SSSR count). The van der Waals surface area contributed by atoms with Crippen LogP contribution in [-0.2, 0) is 15.1 Å². The van der Waals surface area contributed by atoms with Crippen LogP contribution in [0.15, 0.2) is 12.3 Å². The molecule has 98 valence electrons. The van der Waals surface area contributed by atoms with Crippen LogP contribution in [0.4, 0.5) is 0 Å². The van der Waals surface area contributed by atoms with Gasteiger partial charge in [-0.2, -0.15) is 5.10 Å². The summed E-state index contributed by atoms with van der Waals surface area (Å²) in [6.07, 6.45) is 2.86. The van der Waals surface area contributed by atoms with Crippen molar-refractivity contribution in [1.29, 1.82) is 0 Å². The van der Waals surface area contributed by atoms with E-state index >= 15 is 0 Å². The zero-order valence-corrected chi connectivity index (χ0v) is 10.6. The lowest BCUT2D eigenvalue weighted by Crippen LogP contribution is -2.40. The van der Waals surface area contributed by atoms with Crippen LogP contribution >= 0.6 is 11.6 Å². The largest absolute Gasteiger partial charge is 0.481 e. The van der Waals surface area contributed by atoms with Crippen molar-refractivity contribution in [2.24, 2.45) is 0 Å². The summed E-state index contributed by atoms with van der Waals surface area (Å²) < 4.78 is 7.33. The van der Waals surface area contributed by atoms with E-state index < -0.39 is 17.5 Å². The fourth-order valence-electron chi connectivity index (χ4n) is 3.08. The number of fused-ring (bicyclic) bond motifs is 4. The molecule has 2 atom stereocenters. The Hall–Kier alpha value is -1.66. The first kappa shape index (κ1) is 11.2. The maximum atomic E-state index is 11.4. The molecule has 2 aromatic heterocycles. The molecule has 0 saturated carbocycles. The van der Waals surface area contributed by atoms with Crippen LogP contribution in [0.1, 0.15) is 30.0 Å². The minimum absolute atomic E-state index is 0.342. The summed E-state index contributed by atoms with van der Waals surface area (Å²) in [7, 11) is 0. The van der Waals surface area contributed by atoms with Gasteiger partial charge in [-0.15, -0.1) is 0 Å². The topological polar surface area (TPSA) is 76.7 Å². The van der Waals surface area contributed by atoms with E-state index in [9.17, 15) is 9.90 Å². The van der Waals surface area contributed by atoms with Gasteiger partial charge >= 0.3 is 5.97 Å². The Morgan fingerprint density at radius 2 is 2.42 bits per heavy atom. The molecule has 2 aromatic rings. The molecule has 2 unspecified atom stereocenters. The molecule has 6 nitrogen and oxygen atoms in total. The van der Waals surface area contributed by atoms with Crippen molar-refractivity contribution >= 4 is 23.2 Å². The Balaban J connectivity index is 2.03. The highest BCUT2D eigenvalue weighted by Gasteiger charge is 2.53. The van der Waals surface area contributed by atoms with Crippen molar-refractivity contribution in [3.05, 3.63) is 28.7 Å². The summed E-state index contributed by atoms with van der Waals surface area (Å²) in [5.41, 5.74) is 1.56. The van der Waals surface area contributed by atoms with Crippen molar-refractivity contribution in [2.45, 2.75) is 24.4 Å². The summed E-state index contributed by atoms with van der Waals surface area (Å²) in [5.74, 6) is -1.44. The van der Waals surface area contributed by atoms with Gasteiger partial charge < -0.3 is 9.84 Å². The predicted molar refractivity (Wildman–Crippen MR) is 65.2 cm³/mol. The number of aromatic nitrogens is 3. The Labute approximate surface area is 113 Å². The molecule has 19 heavy (non-hydrogen) atoms. The third-order valence-electron chi connectivity index (χ3n) is 4.01. The average Bonchev–Trinajstić information content (AvgIpc) is 2.83. The van der Waals surface area contributed by atoms with Gasteiger partial charge in [0.25, 0.3) is 0 Å². The lowest BCUT2D eigenvalue weighted by atomic mass is 9.90. The van der Waals surface area contributed by atoms with Gasteiger partial charge in [0, 0.05) is 24.2 Å². The van der Waals surface area contributed by atoms with E-state index in [1.165, 1.54) is 0 Å². The molecule has 1 spiro atoms. The second-order valence-electron chi connectivity index (χ2n) is 4.99. The molecule has 0 aromatic carbocycles. The Morgan fingerprint density at radius 1 is 1.63 bits per heavy atom. The molecular weight excluding hydrogens is 270 g/mol. The molecule has 1 aliphatic heterocycles. The summed E-state index contributed by atoms with van der Waals surface area (Å²) in [4.78, 5) is 15.6. The molecule has 3 heterocycles. The molecule has 1 saturated heterocycles. The SMILES string of the molecule is O=C(O)C1CC2(CCO2)c2c1cnc1cc(Cl)nn21. The Kier molecular flexibility index (Phi) is 2.04. The molecule has 0 amide bonds. The number of aliphatic carboxylic acids is 1. The van der Waals surface area contributed by atoms with Crippen LogP contribution in [0.2, 0.25) is 5.15 Å². The lowest BCUT2D eigenvalue weighted by Gasteiger charge is -2.39. The van der Waals surface area contributed by atoms with E-state index in [1.807, 2.05) is 0 Å². The van der Waals surface area contributed by atoms with Crippen molar-refractivity contribution in [3.63, 3.8) is 0 Å². The van der Waals surface area contributed by atoms with Gasteiger partial charge in [0.2, 0.25) is 0 Å². The maximum Gasteiger partial charge on any atom is 0.311 e. The van der Waals surface area contributed by atoms with E-state index in [1.54, 1.807) is 16.8 Å². The molecule has 0 bridgehead atoms. The van der Waals surface area contributed by atoms with E-state index in [2.05, 4.69) is 10.1 Å². The van der Waals surface area contributed by atoms with Crippen LogP contribution in [0.5, 0.6) is 0 Å². The number of halogens is 1. The van der Waals surface area contributed by atoms with E-state index in [-0.39, 0.29) is 0 Å². The monoisotopic (exact) mass is 279 g/mol. The average molecular weight is 280 g/mol. The van der Waals surface area contributed by atoms with Crippen LogP contribution in [-0.4, -0.2) is 32.3 Å². The zero-order chi connectivity index (χ0) is 13.2. The minimum atomic E-state index is -0.854.